The van der Waals surface area contributed by atoms with Crippen molar-refractivity contribution in [3.8, 4) is 0 Å². The standard InChI is InChI=1S/C14H17NO/c1-10-11-6-2-3-8-13(11)16-14(10)12-7-4-5-9-15-12/h2-3,6,8,12,15H,4-5,7,9H2,1H3/t12-/m0/s1. The van der Waals surface area contributed by atoms with Crippen LogP contribution in [0.5, 0.6) is 0 Å². The Kier molecular flexibility index (Phi) is 2.44. The van der Waals surface area contributed by atoms with Crippen molar-refractivity contribution in [1.82, 2.24) is 5.32 Å². The summed E-state index contributed by atoms with van der Waals surface area (Å²) in [4.78, 5) is 0. The molecule has 0 aliphatic carbocycles. The molecule has 1 N–H and O–H groups in total. The van der Waals surface area contributed by atoms with Gasteiger partial charge in [0.25, 0.3) is 0 Å². The van der Waals surface area contributed by atoms with Crippen LogP contribution in [0.4, 0.5) is 0 Å². The first-order chi connectivity index (χ1) is 7.86. The third-order valence-corrected chi connectivity index (χ3v) is 3.51. The number of fused-ring (bicyclic) bond motifs is 1. The molecule has 0 amide bonds. The summed E-state index contributed by atoms with van der Waals surface area (Å²) in [6.45, 7) is 3.28. The highest BCUT2D eigenvalue weighted by Gasteiger charge is 2.21. The van der Waals surface area contributed by atoms with Gasteiger partial charge in [0.1, 0.15) is 11.3 Å². The Bertz CT molecular complexity index is 494. The average Bonchev–Trinajstić information content (AvgIpc) is 2.69. The van der Waals surface area contributed by atoms with Gasteiger partial charge < -0.3 is 9.73 Å². The van der Waals surface area contributed by atoms with Crippen LogP contribution in [-0.4, -0.2) is 6.54 Å². The van der Waals surface area contributed by atoms with Crippen molar-refractivity contribution in [1.29, 1.82) is 0 Å². The fourth-order valence-corrected chi connectivity index (χ4v) is 2.60. The number of hydrogen-bond acceptors (Lipinski definition) is 2. The Morgan fingerprint density at radius 3 is 2.88 bits per heavy atom. The van der Waals surface area contributed by atoms with E-state index in [0.717, 1.165) is 17.9 Å². The Balaban J connectivity index is 2.05. The molecule has 0 unspecified atom stereocenters. The molecular weight excluding hydrogens is 198 g/mol. The molecule has 0 radical (unpaired) electrons. The van der Waals surface area contributed by atoms with Crippen molar-refractivity contribution in [3.05, 3.63) is 35.6 Å². The molecule has 1 aromatic heterocycles. The number of rotatable bonds is 1. The van der Waals surface area contributed by atoms with Crippen LogP contribution in [0.25, 0.3) is 11.0 Å². The van der Waals surface area contributed by atoms with Crippen LogP contribution in [0.2, 0.25) is 0 Å². The van der Waals surface area contributed by atoms with Crippen LogP contribution in [0.15, 0.2) is 28.7 Å². The quantitative estimate of drug-likeness (QED) is 0.787. The lowest BCUT2D eigenvalue weighted by Crippen LogP contribution is -2.26. The summed E-state index contributed by atoms with van der Waals surface area (Å²) in [6.07, 6.45) is 3.78. The molecule has 1 atom stereocenters. The highest BCUT2D eigenvalue weighted by molar-refractivity contribution is 5.82. The Labute approximate surface area is 95.6 Å². The fourth-order valence-electron chi connectivity index (χ4n) is 2.60. The minimum atomic E-state index is 0.418. The lowest BCUT2D eigenvalue weighted by molar-refractivity contribution is 0.356. The molecule has 2 aromatic rings. The highest BCUT2D eigenvalue weighted by atomic mass is 16.3. The van der Waals surface area contributed by atoms with Gasteiger partial charge in [-0.05, 0) is 37.9 Å². The summed E-state index contributed by atoms with van der Waals surface area (Å²) in [5, 5.41) is 4.80. The van der Waals surface area contributed by atoms with Crippen molar-refractivity contribution in [2.75, 3.05) is 6.54 Å². The molecule has 1 aliphatic heterocycles. The molecular formula is C14H17NO. The number of aryl methyl sites for hydroxylation is 1. The number of nitrogens with one attached hydrogen (secondary N) is 1. The Morgan fingerprint density at radius 2 is 2.12 bits per heavy atom. The molecule has 1 saturated heterocycles. The smallest absolute Gasteiger partial charge is 0.134 e. The van der Waals surface area contributed by atoms with Gasteiger partial charge >= 0.3 is 0 Å². The first-order valence-electron chi connectivity index (χ1n) is 6.07. The van der Waals surface area contributed by atoms with Gasteiger partial charge in [-0.15, -0.1) is 0 Å². The Hall–Kier alpha value is -1.28. The summed E-state index contributed by atoms with van der Waals surface area (Å²) in [6, 6.07) is 8.71. The molecule has 0 spiro atoms. The summed E-state index contributed by atoms with van der Waals surface area (Å²) in [5.41, 5.74) is 2.32. The van der Waals surface area contributed by atoms with E-state index in [-0.39, 0.29) is 0 Å². The van der Waals surface area contributed by atoms with Crippen LogP contribution in [0.1, 0.15) is 36.6 Å². The van der Waals surface area contributed by atoms with E-state index in [1.165, 1.54) is 30.2 Å². The van der Waals surface area contributed by atoms with E-state index in [2.05, 4.69) is 30.4 Å². The van der Waals surface area contributed by atoms with E-state index in [1.807, 2.05) is 6.07 Å². The van der Waals surface area contributed by atoms with E-state index in [9.17, 15) is 0 Å². The molecule has 3 rings (SSSR count). The number of benzene rings is 1. The maximum Gasteiger partial charge on any atom is 0.134 e. The maximum atomic E-state index is 5.98. The normalized spacial score (nSPS) is 21.4. The zero-order valence-electron chi connectivity index (χ0n) is 9.62. The number of para-hydroxylation sites is 1. The number of hydrogen-bond donors (Lipinski definition) is 1. The number of piperidine rings is 1. The van der Waals surface area contributed by atoms with Crippen molar-refractivity contribution in [2.24, 2.45) is 0 Å². The fraction of sp³-hybridized carbons (Fsp3) is 0.429. The van der Waals surface area contributed by atoms with Gasteiger partial charge in [0.2, 0.25) is 0 Å². The van der Waals surface area contributed by atoms with Crippen molar-refractivity contribution in [2.45, 2.75) is 32.2 Å². The van der Waals surface area contributed by atoms with Gasteiger partial charge in [0, 0.05) is 5.39 Å². The topological polar surface area (TPSA) is 25.2 Å². The predicted octanol–water partition coefficient (Wildman–Crippen LogP) is 3.56. The molecule has 16 heavy (non-hydrogen) atoms. The van der Waals surface area contributed by atoms with Crippen LogP contribution < -0.4 is 5.32 Å². The first kappa shape index (κ1) is 9.91. The molecule has 2 heteroatoms. The average molecular weight is 215 g/mol. The first-order valence-corrected chi connectivity index (χ1v) is 6.07. The Morgan fingerprint density at radius 1 is 1.25 bits per heavy atom. The van der Waals surface area contributed by atoms with Crippen molar-refractivity contribution < 1.29 is 4.42 Å². The zero-order valence-corrected chi connectivity index (χ0v) is 9.62. The van der Waals surface area contributed by atoms with Crippen molar-refractivity contribution >= 4 is 11.0 Å². The van der Waals surface area contributed by atoms with E-state index >= 15 is 0 Å². The monoisotopic (exact) mass is 215 g/mol. The molecule has 2 nitrogen and oxygen atoms in total. The SMILES string of the molecule is Cc1c([C@@H]2CCCCN2)oc2ccccc12. The van der Waals surface area contributed by atoms with Crippen LogP contribution in [0, 0.1) is 6.92 Å². The minimum absolute atomic E-state index is 0.418. The molecule has 1 fully saturated rings. The summed E-state index contributed by atoms with van der Waals surface area (Å²) in [7, 11) is 0. The van der Waals surface area contributed by atoms with Gasteiger partial charge in [-0.1, -0.05) is 24.6 Å². The van der Waals surface area contributed by atoms with E-state index < -0.39 is 0 Å². The van der Waals surface area contributed by atoms with Crippen molar-refractivity contribution in [3.63, 3.8) is 0 Å². The summed E-state index contributed by atoms with van der Waals surface area (Å²) < 4.78 is 5.98. The van der Waals surface area contributed by atoms with Crippen LogP contribution in [0.3, 0.4) is 0 Å². The zero-order chi connectivity index (χ0) is 11.0. The lowest BCUT2D eigenvalue weighted by Gasteiger charge is -2.22. The second-order valence-corrected chi connectivity index (χ2v) is 4.59. The second kappa shape index (κ2) is 3.95. The third kappa shape index (κ3) is 1.54. The summed E-state index contributed by atoms with van der Waals surface area (Å²) in [5.74, 6) is 1.14. The molecule has 2 heterocycles. The van der Waals surface area contributed by atoms with Crippen LogP contribution in [-0.2, 0) is 0 Å². The van der Waals surface area contributed by atoms with E-state index in [1.54, 1.807) is 0 Å². The molecule has 0 saturated carbocycles. The molecule has 0 bridgehead atoms. The number of furan rings is 1. The molecule has 1 aliphatic rings. The largest absolute Gasteiger partial charge is 0.459 e. The minimum Gasteiger partial charge on any atom is -0.459 e. The van der Waals surface area contributed by atoms with E-state index in [4.69, 9.17) is 4.42 Å². The van der Waals surface area contributed by atoms with Gasteiger partial charge in [0.15, 0.2) is 0 Å². The molecule has 84 valence electrons. The lowest BCUT2D eigenvalue weighted by atomic mass is 10.00. The van der Waals surface area contributed by atoms with Gasteiger partial charge in [0.05, 0.1) is 6.04 Å². The predicted molar refractivity (Wildman–Crippen MR) is 65.5 cm³/mol. The summed E-state index contributed by atoms with van der Waals surface area (Å²) >= 11 is 0. The van der Waals surface area contributed by atoms with Crippen LogP contribution >= 0.6 is 0 Å². The highest BCUT2D eigenvalue weighted by Crippen LogP contribution is 2.32. The maximum absolute atomic E-state index is 5.98. The van der Waals surface area contributed by atoms with Gasteiger partial charge in [-0.2, -0.15) is 0 Å². The third-order valence-electron chi connectivity index (χ3n) is 3.51. The van der Waals surface area contributed by atoms with E-state index in [0.29, 0.717) is 6.04 Å². The second-order valence-electron chi connectivity index (χ2n) is 4.59. The van der Waals surface area contributed by atoms with Gasteiger partial charge in [-0.3, -0.25) is 0 Å². The molecule has 1 aromatic carbocycles. The van der Waals surface area contributed by atoms with Gasteiger partial charge in [-0.25, -0.2) is 0 Å².